The molecule has 0 saturated heterocycles. The summed E-state index contributed by atoms with van der Waals surface area (Å²) in [6.07, 6.45) is 1.79. The van der Waals surface area contributed by atoms with Crippen LogP contribution < -0.4 is 11.1 Å². The van der Waals surface area contributed by atoms with Crippen molar-refractivity contribution in [2.75, 3.05) is 11.1 Å². The Hall–Kier alpha value is -1.56. The molecule has 0 atom stereocenters. The van der Waals surface area contributed by atoms with Crippen molar-refractivity contribution < 1.29 is 4.79 Å². The summed E-state index contributed by atoms with van der Waals surface area (Å²) in [6.45, 7) is 0. The van der Waals surface area contributed by atoms with E-state index in [0.717, 1.165) is 33.4 Å². The molecule has 3 N–H and O–H groups in total. The first-order valence-electron chi connectivity index (χ1n) is 6.53. The molecule has 2 aromatic rings. The minimum atomic E-state index is -0.366. The average molecular weight is 378 g/mol. The molecular weight excluding hydrogens is 363 g/mol. The molecule has 1 fully saturated rings. The van der Waals surface area contributed by atoms with E-state index < -0.39 is 0 Å². The number of nitrogens with two attached hydrogens (primary N) is 1. The minimum Gasteiger partial charge on any atom is -0.399 e. The van der Waals surface area contributed by atoms with E-state index in [1.165, 1.54) is 0 Å². The smallest absolute Gasteiger partial charge is 0.235 e. The van der Waals surface area contributed by atoms with Crippen molar-refractivity contribution in [1.29, 1.82) is 0 Å². The molecule has 20 heavy (non-hydrogen) atoms. The average Bonchev–Trinajstić information content (AvgIpc) is 3.21. The Balaban J connectivity index is 1.81. The van der Waals surface area contributed by atoms with Gasteiger partial charge in [0.15, 0.2) is 0 Å². The van der Waals surface area contributed by atoms with Crippen LogP contribution in [0.15, 0.2) is 48.5 Å². The second-order valence-electron chi connectivity index (χ2n) is 5.17. The highest BCUT2D eigenvalue weighted by molar-refractivity contribution is 14.1. The van der Waals surface area contributed by atoms with Gasteiger partial charge in [-0.15, -0.1) is 0 Å². The highest BCUT2D eigenvalue weighted by atomic mass is 127. The summed E-state index contributed by atoms with van der Waals surface area (Å²) < 4.78 is 1.11. The lowest BCUT2D eigenvalue weighted by molar-refractivity contribution is -0.118. The molecule has 0 heterocycles. The van der Waals surface area contributed by atoms with E-state index in [1.54, 1.807) is 0 Å². The highest BCUT2D eigenvalue weighted by Gasteiger charge is 2.51. The van der Waals surface area contributed by atoms with Crippen molar-refractivity contribution in [3.05, 3.63) is 57.7 Å². The molecule has 3 rings (SSSR count). The van der Waals surface area contributed by atoms with Crippen molar-refractivity contribution in [3.63, 3.8) is 0 Å². The van der Waals surface area contributed by atoms with Gasteiger partial charge in [-0.25, -0.2) is 0 Å². The van der Waals surface area contributed by atoms with Crippen molar-refractivity contribution >= 4 is 39.9 Å². The Morgan fingerprint density at radius 2 is 1.85 bits per heavy atom. The van der Waals surface area contributed by atoms with Crippen LogP contribution in [0.2, 0.25) is 0 Å². The molecule has 1 amide bonds. The quantitative estimate of drug-likeness (QED) is 0.634. The fourth-order valence-corrected chi connectivity index (χ4v) is 2.93. The normalized spacial score (nSPS) is 15.7. The zero-order valence-corrected chi connectivity index (χ0v) is 13.1. The van der Waals surface area contributed by atoms with E-state index in [-0.39, 0.29) is 11.3 Å². The summed E-state index contributed by atoms with van der Waals surface area (Å²) in [5.41, 5.74) is 7.97. The lowest BCUT2D eigenvalue weighted by atomic mass is 9.94. The van der Waals surface area contributed by atoms with Crippen molar-refractivity contribution in [2.45, 2.75) is 18.3 Å². The third-order valence-electron chi connectivity index (χ3n) is 3.73. The molecule has 1 saturated carbocycles. The van der Waals surface area contributed by atoms with Gasteiger partial charge in [0.05, 0.1) is 5.41 Å². The zero-order chi connectivity index (χ0) is 14.2. The van der Waals surface area contributed by atoms with Gasteiger partial charge in [0.1, 0.15) is 0 Å². The maximum atomic E-state index is 12.5. The standard InChI is InChI=1S/C16H15IN2O/c17-12-2-1-3-14(10-12)19-15(20)16(8-9-16)11-4-6-13(18)7-5-11/h1-7,10H,8-9,18H2,(H,19,20). The lowest BCUT2D eigenvalue weighted by Crippen LogP contribution is -2.27. The molecule has 0 spiro atoms. The molecule has 1 aliphatic carbocycles. The van der Waals surface area contributed by atoms with E-state index in [1.807, 2.05) is 48.5 Å². The van der Waals surface area contributed by atoms with Crippen molar-refractivity contribution in [2.24, 2.45) is 0 Å². The third-order valence-corrected chi connectivity index (χ3v) is 4.40. The first-order valence-corrected chi connectivity index (χ1v) is 7.61. The summed E-state index contributed by atoms with van der Waals surface area (Å²) in [5.74, 6) is 0.0734. The predicted molar refractivity (Wildman–Crippen MR) is 89.6 cm³/mol. The van der Waals surface area contributed by atoms with E-state index in [2.05, 4.69) is 27.9 Å². The van der Waals surface area contributed by atoms with Crippen LogP contribution in [0.1, 0.15) is 18.4 Å². The minimum absolute atomic E-state index is 0.0734. The predicted octanol–water partition coefficient (Wildman–Crippen LogP) is 3.54. The Bertz CT molecular complexity index is 648. The summed E-state index contributed by atoms with van der Waals surface area (Å²) in [4.78, 5) is 12.5. The van der Waals surface area contributed by atoms with Crippen LogP contribution in [-0.2, 0) is 10.2 Å². The number of nitrogen functional groups attached to an aromatic ring is 1. The maximum Gasteiger partial charge on any atom is 0.235 e. The van der Waals surface area contributed by atoms with Gasteiger partial charge in [-0.2, -0.15) is 0 Å². The fourth-order valence-electron chi connectivity index (χ4n) is 2.39. The number of hydrogen-bond acceptors (Lipinski definition) is 2. The van der Waals surface area contributed by atoms with Crippen LogP contribution in [0, 0.1) is 3.57 Å². The number of carbonyl (C=O) groups excluding carboxylic acids is 1. The Labute approximate surface area is 131 Å². The third kappa shape index (κ3) is 2.52. The molecule has 4 heteroatoms. The monoisotopic (exact) mass is 378 g/mol. The summed E-state index contributed by atoms with van der Waals surface area (Å²) >= 11 is 2.24. The fraction of sp³-hybridized carbons (Fsp3) is 0.188. The topological polar surface area (TPSA) is 55.1 Å². The number of carbonyl (C=O) groups is 1. The van der Waals surface area contributed by atoms with Crippen LogP contribution in [-0.4, -0.2) is 5.91 Å². The SMILES string of the molecule is Nc1ccc(C2(C(=O)Nc3cccc(I)c3)CC2)cc1. The number of anilines is 2. The molecule has 0 radical (unpaired) electrons. The van der Waals surface area contributed by atoms with Crippen LogP contribution in [0.3, 0.4) is 0 Å². The summed E-state index contributed by atoms with van der Waals surface area (Å²) in [6, 6.07) is 15.5. The molecule has 0 unspecified atom stereocenters. The molecule has 1 aliphatic rings. The Morgan fingerprint density at radius 1 is 1.15 bits per heavy atom. The number of rotatable bonds is 3. The molecular formula is C16H15IN2O. The van der Waals surface area contributed by atoms with Gasteiger partial charge < -0.3 is 11.1 Å². The zero-order valence-electron chi connectivity index (χ0n) is 10.9. The van der Waals surface area contributed by atoms with Gasteiger partial charge in [-0.3, -0.25) is 4.79 Å². The summed E-state index contributed by atoms with van der Waals surface area (Å²) in [7, 11) is 0. The van der Waals surface area contributed by atoms with Crippen LogP contribution in [0.5, 0.6) is 0 Å². The second-order valence-corrected chi connectivity index (χ2v) is 6.41. The lowest BCUT2D eigenvalue weighted by Gasteiger charge is -2.16. The van der Waals surface area contributed by atoms with Gasteiger partial charge in [0.2, 0.25) is 5.91 Å². The highest BCUT2D eigenvalue weighted by Crippen LogP contribution is 2.49. The van der Waals surface area contributed by atoms with Gasteiger partial charge >= 0.3 is 0 Å². The van der Waals surface area contributed by atoms with Gasteiger partial charge in [0, 0.05) is 14.9 Å². The number of halogens is 1. The van der Waals surface area contributed by atoms with E-state index >= 15 is 0 Å². The number of amides is 1. The largest absolute Gasteiger partial charge is 0.399 e. The second kappa shape index (κ2) is 5.09. The van der Waals surface area contributed by atoms with E-state index in [9.17, 15) is 4.79 Å². The van der Waals surface area contributed by atoms with E-state index in [4.69, 9.17) is 5.73 Å². The van der Waals surface area contributed by atoms with Crippen LogP contribution in [0.25, 0.3) is 0 Å². The molecule has 0 aliphatic heterocycles. The number of benzene rings is 2. The van der Waals surface area contributed by atoms with Crippen molar-refractivity contribution in [1.82, 2.24) is 0 Å². The van der Waals surface area contributed by atoms with Gasteiger partial charge in [0.25, 0.3) is 0 Å². The molecule has 0 bridgehead atoms. The Kier molecular flexibility index (Phi) is 3.41. The summed E-state index contributed by atoms with van der Waals surface area (Å²) in [5, 5.41) is 3.02. The van der Waals surface area contributed by atoms with E-state index in [0.29, 0.717) is 0 Å². The van der Waals surface area contributed by atoms with Gasteiger partial charge in [-0.1, -0.05) is 18.2 Å². The van der Waals surface area contributed by atoms with Gasteiger partial charge in [-0.05, 0) is 71.3 Å². The number of hydrogen-bond donors (Lipinski definition) is 2. The van der Waals surface area contributed by atoms with Crippen molar-refractivity contribution in [3.8, 4) is 0 Å². The van der Waals surface area contributed by atoms with Crippen LogP contribution >= 0.6 is 22.6 Å². The molecule has 102 valence electrons. The first kappa shape index (κ1) is 13.4. The maximum absolute atomic E-state index is 12.5. The molecule has 3 nitrogen and oxygen atoms in total. The Morgan fingerprint density at radius 3 is 2.45 bits per heavy atom. The molecule has 0 aromatic heterocycles. The first-order chi connectivity index (χ1) is 9.60. The number of nitrogens with one attached hydrogen (secondary N) is 1. The van der Waals surface area contributed by atoms with Crippen LogP contribution in [0.4, 0.5) is 11.4 Å². The molecule has 2 aromatic carbocycles.